The van der Waals surface area contributed by atoms with E-state index in [4.69, 9.17) is 4.74 Å². The van der Waals surface area contributed by atoms with Gasteiger partial charge in [0.2, 0.25) is 0 Å². The molecule has 0 saturated carbocycles. The van der Waals surface area contributed by atoms with Gasteiger partial charge in [-0.3, -0.25) is 14.9 Å². The summed E-state index contributed by atoms with van der Waals surface area (Å²) in [7, 11) is 0. The smallest absolute Gasteiger partial charge is 0.270 e. The predicted octanol–water partition coefficient (Wildman–Crippen LogP) is 2.14. The third kappa shape index (κ3) is 3.16. The van der Waals surface area contributed by atoms with E-state index in [1.807, 2.05) is 0 Å². The van der Waals surface area contributed by atoms with Crippen molar-refractivity contribution in [1.82, 2.24) is 4.90 Å². The molecule has 1 amide bonds. The number of hydrogen-bond donors (Lipinski definition) is 0. The maximum atomic E-state index is 12.5. The number of amides is 1. The zero-order chi connectivity index (χ0) is 14.7. The molecule has 0 aliphatic carbocycles. The molecule has 7 heteroatoms. The first-order valence-electron chi connectivity index (χ1n) is 6.23. The van der Waals surface area contributed by atoms with Crippen LogP contribution in [0.2, 0.25) is 0 Å². The topological polar surface area (TPSA) is 72.7 Å². The second kappa shape index (κ2) is 6.32. The van der Waals surface area contributed by atoms with Gasteiger partial charge in [0.25, 0.3) is 11.6 Å². The highest BCUT2D eigenvalue weighted by molar-refractivity contribution is 9.09. The van der Waals surface area contributed by atoms with Gasteiger partial charge in [-0.05, 0) is 18.6 Å². The Bertz CT molecular complexity index is 535. The number of carbonyl (C=O) groups is 1. The first-order valence-corrected chi connectivity index (χ1v) is 7.36. The number of nitrogens with zero attached hydrogens (tertiary/aromatic N) is 2. The summed E-state index contributed by atoms with van der Waals surface area (Å²) in [5.74, 6) is -0.190. The summed E-state index contributed by atoms with van der Waals surface area (Å²) >= 11 is 3.36. The van der Waals surface area contributed by atoms with Gasteiger partial charge in [-0.2, -0.15) is 0 Å². The molecule has 1 aromatic carbocycles. The Morgan fingerprint density at radius 3 is 2.95 bits per heavy atom. The first-order chi connectivity index (χ1) is 9.52. The molecule has 0 radical (unpaired) electrons. The van der Waals surface area contributed by atoms with E-state index in [1.54, 1.807) is 17.9 Å². The van der Waals surface area contributed by atoms with E-state index in [9.17, 15) is 14.9 Å². The minimum absolute atomic E-state index is 0.0455. The molecular weight excluding hydrogens is 328 g/mol. The first kappa shape index (κ1) is 14.9. The molecule has 1 fully saturated rings. The fourth-order valence-corrected chi connectivity index (χ4v) is 2.74. The van der Waals surface area contributed by atoms with Gasteiger partial charge in [0.05, 0.1) is 24.2 Å². The molecule has 1 heterocycles. The lowest BCUT2D eigenvalue weighted by Crippen LogP contribution is -2.49. The van der Waals surface area contributed by atoms with Crippen LogP contribution in [0, 0.1) is 17.0 Å². The molecule has 1 aliphatic heterocycles. The summed E-state index contributed by atoms with van der Waals surface area (Å²) in [4.78, 5) is 24.6. The van der Waals surface area contributed by atoms with E-state index in [2.05, 4.69) is 15.9 Å². The van der Waals surface area contributed by atoms with Crippen LogP contribution in [0.1, 0.15) is 15.9 Å². The van der Waals surface area contributed by atoms with Crippen LogP contribution in [0.15, 0.2) is 18.2 Å². The molecule has 1 aliphatic rings. The highest BCUT2D eigenvalue weighted by Gasteiger charge is 2.28. The second-order valence-corrected chi connectivity index (χ2v) is 5.34. The number of hydrogen-bond acceptors (Lipinski definition) is 4. The van der Waals surface area contributed by atoms with Gasteiger partial charge < -0.3 is 9.64 Å². The van der Waals surface area contributed by atoms with Crippen LogP contribution >= 0.6 is 15.9 Å². The molecule has 0 aromatic heterocycles. The van der Waals surface area contributed by atoms with Crippen molar-refractivity contribution in [3.05, 3.63) is 39.4 Å². The van der Waals surface area contributed by atoms with Crippen molar-refractivity contribution in [2.75, 3.05) is 25.1 Å². The molecule has 6 nitrogen and oxygen atoms in total. The minimum atomic E-state index is -0.481. The van der Waals surface area contributed by atoms with Crippen molar-refractivity contribution in [1.29, 1.82) is 0 Å². The quantitative estimate of drug-likeness (QED) is 0.479. The molecule has 0 N–H and O–H groups in total. The number of rotatable bonds is 3. The molecular formula is C13H15BrN2O4. The molecule has 1 aromatic rings. The highest BCUT2D eigenvalue weighted by atomic mass is 79.9. The summed E-state index contributed by atoms with van der Waals surface area (Å²) in [6.45, 7) is 3.20. The number of benzene rings is 1. The van der Waals surface area contributed by atoms with Crippen LogP contribution in [-0.4, -0.2) is 46.9 Å². The lowest BCUT2D eigenvalue weighted by Gasteiger charge is -2.34. The molecule has 1 saturated heterocycles. The zero-order valence-corrected chi connectivity index (χ0v) is 12.6. The molecule has 20 heavy (non-hydrogen) atoms. The Balaban J connectivity index is 2.30. The standard InChI is InChI=1S/C13H15BrN2O4/c1-9-4-10(6-11(5-9)16(18)19)13(17)15-2-3-20-8-12(15)7-14/h4-6,12H,2-3,7-8H2,1H3. The lowest BCUT2D eigenvalue weighted by molar-refractivity contribution is -0.384. The number of ether oxygens (including phenoxy) is 1. The van der Waals surface area contributed by atoms with Crippen LogP contribution in [0.5, 0.6) is 0 Å². The summed E-state index contributed by atoms with van der Waals surface area (Å²) in [6.07, 6.45) is 0. The fraction of sp³-hybridized carbons (Fsp3) is 0.462. The second-order valence-electron chi connectivity index (χ2n) is 4.70. The van der Waals surface area contributed by atoms with Gasteiger partial charge in [-0.25, -0.2) is 0 Å². The Kier molecular flexibility index (Phi) is 4.72. The summed E-state index contributed by atoms with van der Waals surface area (Å²) < 4.78 is 5.34. The number of non-ortho nitro benzene ring substituents is 1. The van der Waals surface area contributed by atoms with Crippen molar-refractivity contribution < 1.29 is 14.5 Å². The summed E-state index contributed by atoms with van der Waals surface area (Å²) in [6, 6.07) is 4.42. The third-order valence-electron chi connectivity index (χ3n) is 3.19. The van der Waals surface area contributed by atoms with E-state index in [0.717, 1.165) is 0 Å². The largest absolute Gasteiger partial charge is 0.377 e. The molecule has 1 atom stereocenters. The van der Waals surface area contributed by atoms with Gasteiger partial charge >= 0.3 is 0 Å². The summed E-state index contributed by atoms with van der Waals surface area (Å²) in [5.41, 5.74) is 0.993. The normalized spacial score (nSPS) is 18.9. The molecule has 108 valence electrons. The maximum absolute atomic E-state index is 12.5. The number of nitro benzene ring substituents is 1. The van der Waals surface area contributed by atoms with Crippen molar-refractivity contribution in [3.63, 3.8) is 0 Å². The monoisotopic (exact) mass is 342 g/mol. The Morgan fingerprint density at radius 2 is 2.30 bits per heavy atom. The van der Waals surface area contributed by atoms with Crippen LogP contribution in [0.4, 0.5) is 5.69 Å². The van der Waals surface area contributed by atoms with E-state index >= 15 is 0 Å². The molecule has 2 rings (SSSR count). The Morgan fingerprint density at radius 1 is 1.55 bits per heavy atom. The SMILES string of the molecule is Cc1cc(C(=O)N2CCOCC2CBr)cc([N+](=O)[O-])c1. The van der Waals surface area contributed by atoms with Gasteiger partial charge in [-0.15, -0.1) is 0 Å². The lowest BCUT2D eigenvalue weighted by atomic mass is 10.1. The van der Waals surface area contributed by atoms with Crippen molar-refractivity contribution in [2.24, 2.45) is 0 Å². The predicted molar refractivity (Wildman–Crippen MR) is 77.3 cm³/mol. The van der Waals surface area contributed by atoms with E-state index in [0.29, 0.717) is 36.2 Å². The molecule has 1 unspecified atom stereocenters. The minimum Gasteiger partial charge on any atom is -0.377 e. The number of morpholine rings is 1. The number of halogens is 1. The highest BCUT2D eigenvalue weighted by Crippen LogP contribution is 2.20. The van der Waals surface area contributed by atoms with Gasteiger partial charge in [0.15, 0.2) is 0 Å². The van der Waals surface area contributed by atoms with Gasteiger partial charge in [-0.1, -0.05) is 15.9 Å². The molecule has 0 bridgehead atoms. The number of alkyl halides is 1. The fourth-order valence-electron chi connectivity index (χ4n) is 2.21. The number of nitro groups is 1. The van der Waals surface area contributed by atoms with E-state index < -0.39 is 4.92 Å². The average molecular weight is 343 g/mol. The molecule has 0 spiro atoms. The van der Waals surface area contributed by atoms with E-state index in [-0.39, 0.29) is 17.6 Å². The van der Waals surface area contributed by atoms with Crippen molar-refractivity contribution in [3.8, 4) is 0 Å². The summed E-state index contributed by atoms with van der Waals surface area (Å²) in [5, 5.41) is 11.5. The van der Waals surface area contributed by atoms with Crippen LogP contribution in [0.25, 0.3) is 0 Å². The van der Waals surface area contributed by atoms with E-state index in [1.165, 1.54) is 12.1 Å². The average Bonchev–Trinajstić information content (AvgIpc) is 2.45. The number of aryl methyl sites for hydroxylation is 1. The number of carbonyl (C=O) groups excluding carboxylic acids is 1. The van der Waals surface area contributed by atoms with Crippen LogP contribution < -0.4 is 0 Å². The third-order valence-corrected chi connectivity index (χ3v) is 3.93. The van der Waals surface area contributed by atoms with Gasteiger partial charge in [0.1, 0.15) is 0 Å². The maximum Gasteiger partial charge on any atom is 0.270 e. The Hall–Kier alpha value is -1.47. The van der Waals surface area contributed by atoms with Crippen molar-refractivity contribution in [2.45, 2.75) is 13.0 Å². The zero-order valence-electron chi connectivity index (χ0n) is 11.0. The van der Waals surface area contributed by atoms with Crippen LogP contribution in [0.3, 0.4) is 0 Å². The van der Waals surface area contributed by atoms with Crippen LogP contribution in [-0.2, 0) is 4.74 Å². The van der Waals surface area contributed by atoms with Gasteiger partial charge in [0, 0.05) is 29.6 Å². The van der Waals surface area contributed by atoms with Crippen molar-refractivity contribution >= 4 is 27.5 Å². The Labute approximate surface area is 125 Å².